The van der Waals surface area contributed by atoms with Gasteiger partial charge in [-0.05, 0) is 24.7 Å². The number of nitrogen functional groups attached to an aromatic ring is 1. The summed E-state index contributed by atoms with van der Waals surface area (Å²) in [7, 11) is 0. The predicted octanol–water partition coefficient (Wildman–Crippen LogP) is -0.256. The van der Waals surface area contributed by atoms with E-state index in [1.165, 1.54) is 10.9 Å². The second-order valence-electron chi connectivity index (χ2n) is 4.72. The van der Waals surface area contributed by atoms with Crippen molar-refractivity contribution in [2.45, 2.75) is 25.8 Å². The largest absolute Gasteiger partial charge is 0.396 e. The smallest absolute Gasteiger partial charge is 0.241 e. The molecule has 1 heterocycles. The molecule has 1 aromatic heterocycles. The van der Waals surface area contributed by atoms with Crippen LogP contribution in [-0.2, 0) is 11.3 Å². The van der Waals surface area contributed by atoms with E-state index in [1.807, 2.05) is 0 Å². The monoisotopic (exact) mass is 238 g/mol. The van der Waals surface area contributed by atoms with Crippen molar-refractivity contribution < 1.29 is 9.90 Å². The first-order valence-corrected chi connectivity index (χ1v) is 5.79. The maximum atomic E-state index is 11.6. The SMILES string of the molecule is Nc1cnn(CC(=O)NCC2(CCO)CC2)c1. The number of amides is 1. The van der Waals surface area contributed by atoms with Gasteiger partial charge in [-0.1, -0.05) is 0 Å². The van der Waals surface area contributed by atoms with Gasteiger partial charge in [0, 0.05) is 19.3 Å². The zero-order valence-corrected chi connectivity index (χ0v) is 9.72. The number of hydrogen-bond donors (Lipinski definition) is 3. The Morgan fingerprint density at radius 3 is 2.94 bits per heavy atom. The van der Waals surface area contributed by atoms with Crippen LogP contribution < -0.4 is 11.1 Å². The van der Waals surface area contributed by atoms with Gasteiger partial charge in [-0.15, -0.1) is 0 Å². The van der Waals surface area contributed by atoms with E-state index in [9.17, 15) is 4.79 Å². The van der Waals surface area contributed by atoms with E-state index >= 15 is 0 Å². The van der Waals surface area contributed by atoms with Gasteiger partial charge in [0.25, 0.3) is 0 Å². The summed E-state index contributed by atoms with van der Waals surface area (Å²) in [5.41, 5.74) is 6.20. The van der Waals surface area contributed by atoms with Crippen LogP contribution in [0.5, 0.6) is 0 Å². The molecule has 0 aliphatic heterocycles. The molecule has 1 saturated carbocycles. The highest BCUT2D eigenvalue weighted by molar-refractivity contribution is 5.75. The Balaban J connectivity index is 1.74. The minimum absolute atomic E-state index is 0.0719. The van der Waals surface area contributed by atoms with E-state index in [0.29, 0.717) is 12.2 Å². The van der Waals surface area contributed by atoms with Crippen molar-refractivity contribution in [1.29, 1.82) is 0 Å². The molecule has 6 heteroatoms. The van der Waals surface area contributed by atoms with E-state index in [-0.39, 0.29) is 24.5 Å². The normalized spacial score (nSPS) is 16.8. The molecule has 1 aromatic rings. The van der Waals surface area contributed by atoms with E-state index in [1.54, 1.807) is 6.20 Å². The molecule has 6 nitrogen and oxygen atoms in total. The number of anilines is 1. The molecule has 2 rings (SSSR count). The van der Waals surface area contributed by atoms with E-state index in [4.69, 9.17) is 10.8 Å². The first-order chi connectivity index (χ1) is 8.13. The third kappa shape index (κ3) is 3.20. The first-order valence-electron chi connectivity index (χ1n) is 5.79. The zero-order valence-electron chi connectivity index (χ0n) is 9.72. The second kappa shape index (κ2) is 4.75. The van der Waals surface area contributed by atoms with Crippen LogP contribution in [0.4, 0.5) is 5.69 Å². The average Bonchev–Trinajstić information content (AvgIpc) is 2.94. The number of hydrogen-bond acceptors (Lipinski definition) is 4. The van der Waals surface area contributed by atoms with Crippen LogP contribution in [-0.4, -0.2) is 33.9 Å². The summed E-state index contributed by atoms with van der Waals surface area (Å²) in [6.07, 6.45) is 6.08. The summed E-state index contributed by atoms with van der Waals surface area (Å²) in [6, 6.07) is 0. The van der Waals surface area contributed by atoms with Gasteiger partial charge in [0.2, 0.25) is 5.91 Å². The molecule has 0 spiro atoms. The fourth-order valence-corrected chi connectivity index (χ4v) is 1.88. The number of nitrogens with zero attached hydrogens (tertiary/aromatic N) is 2. The maximum absolute atomic E-state index is 11.6. The summed E-state index contributed by atoms with van der Waals surface area (Å²) >= 11 is 0. The molecule has 1 amide bonds. The van der Waals surface area contributed by atoms with Crippen LogP contribution in [0.25, 0.3) is 0 Å². The summed E-state index contributed by atoms with van der Waals surface area (Å²) in [5.74, 6) is -0.0719. The lowest BCUT2D eigenvalue weighted by molar-refractivity contribution is -0.122. The fourth-order valence-electron chi connectivity index (χ4n) is 1.88. The highest BCUT2D eigenvalue weighted by Gasteiger charge is 2.41. The summed E-state index contributed by atoms with van der Waals surface area (Å²) in [6.45, 7) is 1.01. The number of aromatic nitrogens is 2. The van der Waals surface area contributed by atoms with E-state index < -0.39 is 0 Å². The third-order valence-corrected chi connectivity index (χ3v) is 3.22. The molecule has 1 aliphatic rings. The standard InChI is InChI=1S/C11H18N4O2/c12-9-5-14-15(6-9)7-10(17)13-8-11(1-2-11)3-4-16/h5-6,16H,1-4,7-8,12H2,(H,13,17). The number of nitrogens with two attached hydrogens (primary N) is 1. The predicted molar refractivity (Wildman–Crippen MR) is 63.0 cm³/mol. The molecule has 0 bridgehead atoms. The summed E-state index contributed by atoms with van der Waals surface area (Å²) in [5, 5.41) is 15.7. The quantitative estimate of drug-likeness (QED) is 0.636. The lowest BCUT2D eigenvalue weighted by atomic mass is 10.0. The molecule has 1 fully saturated rings. The summed E-state index contributed by atoms with van der Waals surface area (Å²) < 4.78 is 1.51. The summed E-state index contributed by atoms with van der Waals surface area (Å²) in [4.78, 5) is 11.6. The highest BCUT2D eigenvalue weighted by atomic mass is 16.3. The van der Waals surface area contributed by atoms with Crippen molar-refractivity contribution in [3.8, 4) is 0 Å². The van der Waals surface area contributed by atoms with Gasteiger partial charge in [0.1, 0.15) is 6.54 Å². The lowest BCUT2D eigenvalue weighted by Gasteiger charge is -2.14. The van der Waals surface area contributed by atoms with Gasteiger partial charge in [0.05, 0.1) is 11.9 Å². The Morgan fingerprint density at radius 2 is 2.41 bits per heavy atom. The van der Waals surface area contributed by atoms with Crippen molar-refractivity contribution in [2.75, 3.05) is 18.9 Å². The molecule has 17 heavy (non-hydrogen) atoms. The number of rotatable bonds is 6. The van der Waals surface area contributed by atoms with Gasteiger partial charge in [0.15, 0.2) is 0 Å². The van der Waals surface area contributed by atoms with Crippen LogP contribution in [0.3, 0.4) is 0 Å². The average molecular weight is 238 g/mol. The minimum atomic E-state index is -0.0719. The number of carbonyl (C=O) groups is 1. The van der Waals surface area contributed by atoms with Crippen LogP contribution in [0.1, 0.15) is 19.3 Å². The van der Waals surface area contributed by atoms with Crippen molar-refractivity contribution in [1.82, 2.24) is 15.1 Å². The maximum Gasteiger partial charge on any atom is 0.241 e. The van der Waals surface area contributed by atoms with Gasteiger partial charge >= 0.3 is 0 Å². The van der Waals surface area contributed by atoms with Gasteiger partial charge in [-0.3, -0.25) is 9.48 Å². The van der Waals surface area contributed by atoms with Crippen molar-refractivity contribution in [3.05, 3.63) is 12.4 Å². The first kappa shape index (κ1) is 11.9. The number of aliphatic hydroxyl groups is 1. The van der Waals surface area contributed by atoms with Crippen LogP contribution in [0.15, 0.2) is 12.4 Å². The molecule has 4 N–H and O–H groups in total. The van der Waals surface area contributed by atoms with Crippen LogP contribution >= 0.6 is 0 Å². The molecule has 0 aromatic carbocycles. The second-order valence-corrected chi connectivity index (χ2v) is 4.72. The minimum Gasteiger partial charge on any atom is -0.396 e. The van der Waals surface area contributed by atoms with Crippen molar-refractivity contribution in [2.24, 2.45) is 5.41 Å². The molecular weight excluding hydrogens is 220 g/mol. The number of carbonyl (C=O) groups excluding carboxylic acids is 1. The van der Waals surface area contributed by atoms with E-state index in [0.717, 1.165) is 19.3 Å². The van der Waals surface area contributed by atoms with Gasteiger partial charge < -0.3 is 16.2 Å². The van der Waals surface area contributed by atoms with Crippen molar-refractivity contribution >= 4 is 11.6 Å². The Morgan fingerprint density at radius 1 is 1.65 bits per heavy atom. The van der Waals surface area contributed by atoms with E-state index in [2.05, 4.69) is 10.4 Å². The Kier molecular flexibility index (Phi) is 3.33. The Hall–Kier alpha value is -1.56. The van der Waals surface area contributed by atoms with Crippen LogP contribution in [0.2, 0.25) is 0 Å². The third-order valence-electron chi connectivity index (χ3n) is 3.22. The van der Waals surface area contributed by atoms with Gasteiger partial charge in [-0.2, -0.15) is 5.10 Å². The highest BCUT2D eigenvalue weighted by Crippen LogP contribution is 2.47. The van der Waals surface area contributed by atoms with Crippen LogP contribution in [0, 0.1) is 5.41 Å². The topological polar surface area (TPSA) is 93.2 Å². The molecular formula is C11H18N4O2. The molecule has 0 atom stereocenters. The fraction of sp³-hybridized carbons (Fsp3) is 0.636. The molecule has 0 unspecified atom stereocenters. The number of nitrogens with one attached hydrogen (secondary N) is 1. The van der Waals surface area contributed by atoms with Gasteiger partial charge in [-0.25, -0.2) is 0 Å². The number of aliphatic hydroxyl groups excluding tert-OH is 1. The molecule has 94 valence electrons. The lowest BCUT2D eigenvalue weighted by Crippen LogP contribution is -2.33. The van der Waals surface area contributed by atoms with Crippen molar-refractivity contribution in [3.63, 3.8) is 0 Å². The zero-order chi connectivity index (χ0) is 12.3. The Bertz CT molecular complexity index is 398. The molecule has 0 saturated heterocycles. The molecule has 0 radical (unpaired) electrons. The molecule has 1 aliphatic carbocycles. The Labute approximate surface area is 99.8 Å².